The Morgan fingerprint density at radius 1 is 1.28 bits per heavy atom. The Hall–Kier alpha value is -2.17. The molecule has 0 saturated heterocycles. The van der Waals surface area contributed by atoms with Gasteiger partial charge in [0.05, 0.1) is 12.8 Å². The van der Waals surface area contributed by atoms with Crippen LogP contribution in [0.2, 0.25) is 0 Å². The summed E-state index contributed by atoms with van der Waals surface area (Å²) in [5.74, 6) is 2.22. The number of nitrogens with zero attached hydrogens (tertiary/aromatic N) is 3. The van der Waals surface area contributed by atoms with E-state index in [1.807, 2.05) is 32.2 Å². The molecular weight excluding hydrogens is 228 g/mol. The van der Waals surface area contributed by atoms with Crippen LogP contribution in [0.4, 0.5) is 5.82 Å². The summed E-state index contributed by atoms with van der Waals surface area (Å²) in [6.07, 6.45) is 2.55. The molecule has 2 heterocycles. The Morgan fingerprint density at radius 2 is 2.11 bits per heavy atom. The van der Waals surface area contributed by atoms with Crippen LogP contribution in [-0.4, -0.2) is 29.1 Å². The maximum atomic E-state index is 5.04. The lowest BCUT2D eigenvalue weighted by atomic mass is 10.2. The van der Waals surface area contributed by atoms with Crippen molar-refractivity contribution in [2.24, 2.45) is 0 Å². The van der Waals surface area contributed by atoms with E-state index in [1.165, 1.54) is 0 Å². The average Bonchev–Trinajstić information content (AvgIpc) is 2.46. The second kappa shape index (κ2) is 5.44. The summed E-state index contributed by atoms with van der Waals surface area (Å²) in [4.78, 5) is 13.0. The molecule has 0 unspecified atom stereocenters. The highest BCUT2D eigenvalue weighted by Gasteiger charge is 2.05. The molecule has 5 nitrogen and oxygen atoms in total. The van der Waals surface area contributed by atoms with Gasteiger partial charge >= 0.3 is 0 Å². The first kappa shape index (κ1) is 12.3. The van der Waals surface area contributed by atoms with Crippen molar-refractivity contribution >= 4 is 5.82 Å². The maximum Gasteiger partial charge on any atom is 0.212 e. The van der Waals surface area contributed by atoms with Crippen LogP contribution in [0.1, 0.15) is 12.7 Å². The molecule has 0 atom stereocenters. The third-order valence-electron chi connectivity index (χ3n) is 2.59. The molecule has 2 rings (SSSR count). The van der Waals surface area contributed by atoms with Gasteiger partial charge in [0.25, 0.3) is 0 Å². The zero-order valence-electron chi connectivity index (χ0n) is 10.8. The minimum absolute atomic E-state index is 0.595. The number of hydrogen-bond acceptors (Lipinski definition) is 5. The van der Waals surface area contributed by atoms with Gasteiger partial charge in [-0.3, -0.25) is 0 Å². The number of rotatable bonds is 4. The predicted molar refractivity (Wildman–Crippen MR) is 70.7 cm³/mol. The molecule has 2 aromatic rings. The van der Waals surface area contributed by atoms with E-state index in [-0.39, 0.29) is 0 Å². The van der Waals surface area contributed by atoms with Crippen LogP contribution in [0.3, 0.4) is 0 Å². The zero-order chi connectivity index (χ0) is 13.0. The second-order valence-corrected chi connectivity index (χ2v) is 3.75. The highest BCUT2D eigenvalue weighted by atomic mass is 16.5. The van der Waals surface area contributed by atoms with Gasteiger partial charge in [0.1, 0.15) is 11.6 Å². The number of aromatic nitrogens is 3. The van der Waals surface area contributed by atoms with E-state index in [0.29, 0.717) is 5.88 Å². The van der Waals surface area contributed by atoms with Crippen LogP contribution in [0.5, 0.6) is 5.88 Å². The standard InChI is InChI=1S/C13H16N4O/c1-4-11-16-10(7-12(14-2)17-11)9-5-6-13(18-3)15-8-9/h5-8H,4H2,1-3H3,(H,14,16,17). The molecule has 2 aromatic heterocycles. The van der Waals surface area contributed by atoms with Gasteiger partial charge in [-0.2, -0.15) is 0 Å². The molecule has 0 radical (unpaired) electrons. The highest BCUT2D eigenvalue weighted by molar-refractivity contribution is 5.61. The number of pyridine rings is 1. The van der Waals surface area contributed by atoms with Crippen LogP contribution in [0.25, 0.3) is 11.3 Å². The van der Waals surface area contributed by atoms with Gasteiger partial charge in [-0.1, -0.05) is 6.92 Å². The molecule has 94 valence electrons. The minimum Gasteiger partial charge on any atom is -0.481 e. The summed E-state index contributed by atoms with van der Waals surface area (Å²) >= 11 is 0. The quantitative estimate of drug-likeness (QED) is 0.893. The van der Waals surface area contributed by atoms with Crippen molar-refractivity contribution in [1.82, 2.24) is 15.0 Å². The third kappa shape index (κ3) is 2.56. The minimum atomic E-state index is 0.595. The lowest BCUT2D eigenvalue weighted by Gasteiger charge is -2.07. The summed E-state index contributed by atoms with van der Waals surface area (Å²) < 4.78 is 5.04. The summed E-state index contributed by atoms with van der Waals surface area (Å²) in [6.45, 7) is 2.03. The number of anilines is 1. The van der Waals surface area contributed by atoms with Crippen LogP contribution in [0, 0.1) is 0 Å². The first-order valence-corrected chi connectivity index (χ1v) is 5.83. The summed E-state index contributed by atoms with van der Waals surface area (Å²) in [7, 11) is 3.44. The van der Waals surface area contributed by atoms with Crippen molar-refractivity contribution in [3.63, 3.8) is 0 Å². The molecule has 0 aliphatic heterocycles. The topological polar surface area (TPSA) is 59.9 Å². The van der Waals surface area contributed by atoms with Crippen molar-refractivity contribution in [3.05, 3.63) is 30.2 Å². The number of aryl methyl sites for hydroxylation is 1. The predicted octanol–water partition coefficient (Wildman–Crippen LogP) is 2.15. The highest BCUT2D eigenvalue weighted by Crippen LogP contribution is 2.20. The lowest BCUT2D eigenvalue weighted by Crippen LogP contribution is -2.01. The van der Waals surface area contributed by atoms with Crippen molar-refractivity contribution in [2.75, 3.05) is 19.5 Å². The molecule has 18 heavy (non-hydrogen) atoms. The normalized spacial score (nSPS) is 10.2. The zero-order valence-corrected chi connectivity index (χ0v) is 10.8. The van der Waals surface area contributed by atoms with Crippen molar-refractivity contribution in [3.8, 4) is 17.1 Å². The SMILES string of the molecule is CCc1nc(NC)cc(-c2ccc(OC)nc2)n1. The summed E-state index contributed by atoms with van der Waals surface area (Å²) in [6, 6.07) is 5.66. The Balaban J connectivity index is 2.41. The van der Waals surface area contributed by atoms with Gasteiger partial charge < -0.3 is 10.1 Å². The van der Waals surface area contributed by atoms with E-state index in [4.69, 9.17) is 4.74 Å². The molecule has 0 spiro atoms. The van der Waals surface area contributed by atoms with Gasteiger partial charge in [0.2, 0.25) is 5.88 Å². The van der Waals surface area contributed by atoms with Gasteiger partial charge in [-0.25, -0.2) is 15.0 Å². The Bertz CT molecular complexity index is 503. The first-order chi connectivity index (χ1) is 8.76. The first-order valence-electron chi connectivity index (χ1n) is 5.83. The molecule has 0 amide bonds. The molecular formula is C13H16N4O. The summed E-state index contributed by atoms with van der Waals surface area (Å²) in [5, 5.41) is 3.04. The Kier molecular flexibility index (Phi) is 3.72. The van der Waals surface area contributed by atoms with E-state index in [2.05, 4.69) is 20.3 Å². The van der Waals surface area contributed by atoms with Gasteiger partial charge in [-0.15, -0.1) is 0 Å². The summed E-state index contributed by atoms with van der Waals surface area (Å²) in [5.41, 5.74) is 1.81. The molecule has 0 saturated carbocycles. The van der Waals surface area contributed by atoms with Crippen LogP contribution in [0.15, 0.2) is 24.4 Å². The van der Waals surface area contributed by atoms with Crippen LogP contribution in [-0.2, 0) is 6.42 Å². The van der Waals surface area contributed by atoms with Crippen molar-refractivity contribution in [1.29, 1.82) is 0 Å². The van der Waals surface area contributed by atoms with E-state index < -0.39 is 0 Å². The molecule has 0 bridgehead atoms. The van der Waals surface area contributed by atoms with Crippen LogP contribution < -0.4 is 10.1 Å². The molecule has 1 N–H and O–H groups in total. The van der Waals surface area contributed by atoms with Gasteiger partial charge in [-0.05, 0) is 6.07 Å². The average molecular weight is 244 g/mol. The fraction of sp³-hybridized carbons (Fsp3) is 0.308. The van der Waals surface area contributed by atoms with Crippen LogP contribution >= 0.6 is 0 Å². The molecule has 0 aromatic carbocycles. The smallest absolute Gasteiger partial charge is 0.212 e. The van der Waals surface area contributed by atoms with Gasteiger partial charge in [0, 0.05) is 37.4 Å². The third-order valence-corrected chi connectivity index (χ3v) is 2.59. The fourth-order valence-electron chi connectivity index (χ4n) is 1.58. The molecule has 0 fully saturated rings. The molecule has 5 heteroatoms. The van der Waals surface area contributed by atoms with E-state index >= 15 is 0 Å². The van der Waals surface area contributed by atoms with E-state index in [9.17, 15) is 0 Å². The Labute approximate surface area is 106 Å². The monoisotopic (exact) mass is 244 g/mol. The van der Waals surface area contributed by atoms with Crippen molar-refractivity contribution < 1.29 is 4.74 Å². The number of nitrogens with one attached hydrogen (secondary N) is 1. The van der Waals surface area contributed by atoms with Crippen molar-refractivity contribution in [2.45, 2.75) is 13.3 Å². The number of ether oxygens (including phenoxy) is 1. The lowest BCUT2D eigenvalue weighted by molar-refractivity contribution is 0.398. The van der Waals surface area contributed by atoms with E-state index in [1.54, 1.807) is 13.3 Å². The largest absolute Gasteiger partial charge is 0.481 e. The fourth-order valence-corrected chi connectivity index (χ4v) is 1.58. The molecule has 0 aliphatic carbocycles. The van der Waals surface area contributed by atoms with E-state index in [0.717, 1.165) is 29.3 Å². The Morgan fingerprint density at radius 3 is 2.67 bits per heavy atom. The molecule has 0 aliphatic rings. The maximum absolute atomic E-state index is 5.04. The van der Waals surface area contributed by atoms with Gasteiger partial charge in [0.15, 0.2) is 0 Å². The second-order valence-electron chi connectivity index (χ2n) is 3.75. The number of hydrogen-bond donors (Lipinski definition) is 1. The number of methoxy groups -OCH3 is 1.